The SMILES string of the molecule is CCCCNC(=S)Nc1ccc(S(=O)(=O)NC23CC4CC(CC(C4)C2)C3)cc1. The second-order valence-electron chi connectivity index (χ2n) is 9.06. The van der Waals surface area contributed by atoms with Gasteiger partial charge in [0.15, 0.2) is 5.11 Å². The molecule has 0 amide bonds. The summed E-state index contributed by atoms with van der Waals surface area (Å²) >= 11 is 5.27. The zero-order valence-corrected chi connectivity index (χ0v) is 18.2. The molecule has 0 radical (unpaired) electrons. The van der Waals surface area contributed by atoms with Gasteiger partial charge in [-0.25, -0.2) is 13.1 Å². The molecule has 4 aliphatic rings. The van der Waals surface area contributed by atoms with Crippen LogP contribution in [0.3, 0.4) is 0 Å². The molecule has 3 N–H and O–H groups in total. The topological polar surface area (TPSA) is 70.2 Å². The Hall–Kier alpha value is -1.18. The summed E-state index contributed by atoms with van der Waals surface area (Å²) in [7, 11) is -3.51. The van der Waals surface area contributed by atoms with Gasteiger partial charge in [-0.2, -0.15) is 0 Å². The van der Waals surface area contributed by atoms with Gasteiger partial charge in [0, 0.05) is 17.8 Å². The van der Waals surface area contributed by atoms with Gasteiger partial charge in [0.1, 0.15) is 0 Å². The molecule has 1 aromatic carbocycles. The van der Waals surface area contributed by atoms with Gasteiger partial charge in [0.25, 0.3) is 0 Å². The summed E-state index contributed by atoms with van der Waals surface area (Å²) in [6.45, 7) is 2.97. The first-order valence-electron chi connectivity index (χ1n) is 10.6. The van der Waals surface area contributed by atoms with Crippen molar-refractivity contribution in [1.29, 1.82) is 0 Å². The van der Waals surface area contributed by atoms with Crippen LogP contribution in [0, 0.1) is 17.8 Å². The molecule has 4 fully saturated rings. The van der Waals surface area contributed by atoms with Gasteiger partial charge in [0.05, 0.1) is 4.90 Å². The van der Waals surface area contributed by atoms with Gasteiger partial charge in [0.2, 0.25) is 10.0 Å². The molecule has 7 heteroatoms. The van der Waals surface area contributed by atoms with E-state index in [0.717, 1.165) is 44.3 Å². The number of hydrogen-bond donors (Lipinski definition) is 3. The highest BCUT2D eigenvalue weighted by Gasteiger charge is 2.52. The molecule has 0 heterocycles. The Morgan fingerprint density at radius 3 is 2.18 bits per heavy atom. The third-order valence-electron chi connectivity index (χ3n) is 6.63. The van der Waals surface area contributed by atoms with E-state index in [2.05, 4.69) is 22.3 Å². The zero-order chi connectivity index (χ0) is 19.8. The Kier molecular flexibility index (Phi) is 5.69. The minimum absolute atomic E-state index is 0.213. The number of sulfonamides is 1. The van der Waals surface area contributed by atoms with Crippen molar-refractivity contribution in [2.24, 2.45) is 17.8 Å². The van der Waals surface area contributed by atoms with Crippen LogP contribution >= 0.6 is 12.2 Å². The van der Waals surface area contributed by atoms with E-state index in [-0.39, 0.29) is 5.54 Å². The second-order valence-corrected chi connectivity index (χ2v) is 11.2. The summed E-state index contributed by atoms with van der Waals surface area (Å²) in [6, 6.07) is 6.89. The highest BCUT2D eigenvalue weighted by Crippen LogP contribution is 2.55. The first-order chi connectivity index (χ1) is 13.4. The minimum atomic E-state index is -3.51. The third-order valence-corrected chi connectivity index (χ3v) is 8.47. The van der Waals surface area contributed by atoms with Crippen LogP contribution in [0.2, 0.25) is 0 Å². The summed E-state index contributed by atoms with van der Waals surface area (Å²) in [4.78, 5) is 0.332. The van der Waals surface area contributed by atoms with Crippen LogP contribution in [0.5, 0.6) is 0 Å². The molecule has 1 aromatic rings. The van der Waals surface area contributed by atoms with Crippen molar-refractivity contribution in [3.8, 4) is 0 Å². The summed E-state index contributed by atoms with van der Waals surface area (Å²) in [5.41, 5.74) is 0.581. The largest absolute Gasteiger partial charge is 0.362 e. The number of hydrogen-bond acceptors (Lipinski definition) is 3. The lowest BCUT2D eigenvalue weighted by molar-refractivity contribution is -0.00810. The molecule has 154 valence electrons. The number of nitrogens with one attached hydrogen (secondary N) is 3. The average molecular weight is 422 g/mol. The molecular formula is C21H31N3O2S2. The lowest BCUT2D eigenvalue weighted by Crippen LogP contribution is -2.59. The molecule has 0 aromatic heterocycles. The van der Waals surface area contributed by atoms with Gasteiger partial charge in [-0.15, -0.1) is 0 Å². The molecule has 0 atom stereocenters. The molecule has 0 saturated heterocycles. The molecule has 0 aliphatic heterocycles. The monoisotopic (exact) mass is 421 g/mol. The van der Waals surface area contributed by atoms with E-state index in [4.69, 9.17) is 12.2 Å². The first-order valence-corrected chi connectivity index (χ1v) is 12.5. The predicted molar refractivity (Wildman–Crippen MR) is 117 cm³/mol. The summed E-state index contributed by atoms with van der Waals surface area (Å²) < 4.78 is 29.2. The fourth-order valence-electron chi connectivity index (χ4n) is 5.85. The fraction of sp³-hybridized carbons (Fsp3) is 0.667. The molecule has 5 nitrogen and oxygen atoms in total. The molecule has 0 unspecified atom stereocenters. The minimum Gasteiger partial charge on any atom is -0.362 e. The van der Waals surface area contributed by atoms with E-state index in [1.165, 1.54) is 19.3 Å². The quantitative estimate of drug-likeness (QED) is 0.458. The molecule has 5 rings (SSSR count). The van der Waals surface area contributed by atoms with Crippen LogP contribution < -0.4 is 15.4 Å². The molecule has 4 saturated carbocycles. The van der Waals surface area contributed by atoms with E-state index in [1.54, 1.807) is 24.3 Å². The lowest BCUT2D eigenvalue weighted by atomic mass is 9.53. The molecule has 28 heavy (non-hydrogen) atoms. The maximum Gasteiger partial charge on any atom is 0.241 e. The van der Waals surface area contributed by atoms with Crippen molar-refractivity contribution in [3.05, 3.63) is 24.3 Å². The number of benzene rings is 1. The Morgan fingerprint density at radius 1 is 1.07 bits per heavy atom. The van der Waals surface area contributed by atoms with Gasteiger partial charge in [-0.3, -0.25) is 0 Å². The van der Waals surface area contributed by atoms with Gasteiger partial charge < -0.3 is 10.6 Å². The Morgan fingerprint density at radius 2 is 1.64 bits per heavy atom. The first kappa shape index (κ1) is 20.1. The third kappa shape index (κ3) is 4.36. The highest BCUT2D eigenvalue weighted by molar-refractivity contribution is 7.89. The second kappa shape index (κ2) is 7.92. The summed E-state index contributed by atoms with van der Waals surface area (Å²) in [5, 5.41) is 6.83. The van der Waals surface area contributed by atoms with Crippen LogP contribution in [-0.4, -0.2) is 25.6 Å². The number of rotatable bonds is 7. The number of unbranched alkanes of at least 4 members (excludes halogenated alkanes) is 1. The van der Waals surface area contributed by atoms with Crippen LogP contribution in [0.25, 0.3) is 0 Å². The maximum atomic E-state index is 13.1. The van der Waals surface area contributed by atoms with Gasteiger partial charge >= 0.3 is 0 Å². The van der Waals surface area contributed by atoms with E-state index in [0.29, 0.717) is 27.8 Å². The number of anilines is 1. The summed E-state index contributed by atoms with van der Waals surface area (Å²) in [5.74, 6) is 2.13. The predicted octanol–water partition coefficient (Wildman–Crippen LogP) is 4.02. The van der Waals surface area contributed by atoms with Crippen LogP contribution in [-0.2, 0) is 10.0 Å². The lowest BCUT2D eigenvalue weighted by Gasteiger charge is -2.56. The van der Waals surface area contributed by atoms with Gasteiger partial charge in [-0.1, -0.05) is 13.3 Å². The van der Waals surface area contributed by atoms with Crippen molar-refractivity contribution in [3.63, 3.8) is 0 Å². The maximum absolute atomic E-state index is 13.1. The van der Waals surface area contributed by atoms with E-state index >= 15 is 0 Å². The van der Waals surface area contributed by atoms with E-state index in [1.807, 2.05) is 0 Å². The standard InChI is InChI=1S/C21H31N3O2S2/c1-2-3-8-22-20(27)23-18-4-6-19(7-5-18)28(25,26)24-21-12-15-9-16(13-21)11-17(10-15)14-21/h4-7,15-17,24H,2-3,8-14H2,1H3,(H2,22,23,27). The van der Waals surface area contributed by atoms with Crippen molar-refractivity contribution >= 4 is 33.0 Å². The van der Waals surface area contributed by atoms with Crippen LogP contribution in [0.1, 0.15) is 58.3 Å². The normalized spacial score (nSPS) is 31.0. The van der Waals surface area contributed by atoms with E-state index < -0.39 is 10.0 Å². The highest BCUT2D eigenvalue weighted by atomic mass is 32.2. The molecule has 4 aliphatic carbocycles. The van der Waals surface area contributed by atoms with Gasteiger partial charge in [-0.05, 0) is 99.2 Å². The molecule has 0 spiro atoms. The van der Waals surface area contributed by atoms with E-state index in [9.17, 15) is 8.42 Å². The van der Waals surface area contributed by atoms with Crippen molar-refractivity contribution in [2.75, 3.05) is 11.9 Å². The van der Waals surface area contributed by atoms with Crippen molar-refractivity contribution < 1.29 is 8.42 Å². The Bertz CT molecular complexity index is 785. The molecule has 4 bridgehead atoms. The van der Waals surface area contributed by atoms with Crippen molar-refractivity contribution in [2.45, 2.75) is 68.7 Å². The van der Waals surface area contributed by atoms with Crippen LogP contribution in [0.4, 0.5) is 5.69 Å². The smallest absolute Gasteiger partial charge is 0.241 e. The fourth-order valence-corrected chi connectivity index (χ4v) is 7.50. The number of thiocarbonyl (C=S) groups is 1. The molecular weight excluding hydrogens is 390 g/mol. The Balaban J connectivity index is 1.40. The van der Waals surface area contributed by atoms with Crippen LogP contribution in [0.15, 0.2) is 29.2 Å². The average Bonchev–Trinajstić information content (AvgIpc) is 2.60. The van der Waals surface area contributed by atoms with Crippen molar-refractivity contribution in [1.82, 2.24) is 10.0 Å². The Labute approximate surface area is 174 Å². The summed E-state index contributed by atoms with van der Waals surface area (Å²) in [6.07, 6.45) is 9.10. The zero-order valence-electron chi connectivity index (χ0n) is 16.5.